The van der Waals surface area contributed by atoms with Gasteiger partial charge in [-0.05, 0) is 63.9 Å². The molecule has 0 aromatic heterocycles. The summed E-state index contributed by atoms with van der Waals surface area (Å²) >= 11 is 0. The van der Waals surface area contributed by atoms with Gasteiger partial charge in [-0.3, -0.25) is 4.90 Å². The molecule has 0 saturated heterocycles. The molecule has 1 atom stereocenters. The number of rotatable bonds is 8. The van der Waals surface area contributed by atoms with E-state index in [-0.39, 0.29) is 24.9 Å². The topological polar surface area (TPSA) is 43.7 Å². The van der Waals surface area contributed by atoms with Crippen LogP contribution in [-0.2, 0) is 6.61 Å². The molecule has 0 amide bonds. The number of hydrogen-bond donors (Lipinski definition) is 2. The highest BCUT2D eigenvalue weighted by Crippen LogP contribution is 2.35. The molecule has 0 spiro atoms. The first kappa shape index (κ1) is 22.5. The van der Waals surface area contributed by atoms with E-state index in [1.807, 2.05) is 24.3 Å². The van der Waals surface area contributed by atoms with Gasteiger partial charge in [0, 0.05) is 23.6 Å². The molecule has 3 nitrogen and oxygen atoms in total. The number of aliphatic hydroxyl groups excluding tert-OH is 1. The second-order valence-corrected chi connectivity index (χ2v) is 7.23. The Bertz CT molecular complexity index is 650. The maximum absolute atomic E-state index is 10.5. The highest BCUT2D eigenvalue weighted by Gasteiger charge is 2.21. The standard InChI is InChI=1S/C22H31NO2.ClH/c1-16(2)23(17(3)4)13-12-20(19-8-6-5-7-9-19)21-14-18(15-24)10-11-22(21)25;/h5-11,14,16-17,20,24-25H,12-13,15H2,1-4H3;1H. The SMILES string of the molecule is CC(C)N(CCC(c1ccccc1)c1cc(CO)ccc1O)C(C)C.Cl. The number of aromatic hydroxyl groups is 1. The van der Waals surface area contributed by atoms with E-state index in [0.29, 0.717) is 17.8 Å². The van der Waals surface area contributed by atoms with Gasteiger partial charge in [0.15, 0.2) is 0 Å². The quantitative estimate of drug-likeness (QED) is 0.684. The number of halogens is 1. The van der Waals surface area contributed by atoms with Crippen molar-refractivity contribution in [1.29, 1.82) is 0 Å². The molecule has 1 unspecified atom stereocenters. The van der Waals surface area contributed by atoms with Gasteiger partial charge < -0.3 is 10.2 Å². The van der Waals surface area contributed by atoms with Crippen molar-refractivity contribution >= 4 is 12.4 Å². The number of phenols is 1. The fourth-order valence-corrected chi connectivity index (χ4v) is 3.56. The minimum atomic E-state index is -0.0150. The van der Waals surface area contributed by atoms with Crippen molar-refractivity contribution in [3.05, 3.63) is 65.2 Å². The molecule has 0 fully saturated rings. The summed E-state index contributed by atoms with van der Waals surface area (Å²) in [7, 11) is 0. The minimum absolute atomic E-state index is 0. The van der Waals surface area contributed by atoms with Gasteiger partial charge in [-0.2, -0.15) is 0 Å². The maximum atomic E-state index is 10.5. The Morgan fingerprint density at radius 2 is 1.54 bits per heavy atom. The van der Waals surface area contributed by atoms with Crippen LogP contribution in [0.15, 0.2) is 48.5 Å². The number of phenolic OH excluding ortho intramolecular Hbond substituents is 1. The zero-order chi connectivity index (χ0) is 18.4. The summed E-state index contributed by atoms with van der Waals surface area (Å²) in [6.45, 7) is 9.84. The van der Waals surface area contributed by atoms with Crippen LogP contribution in [0.2, 0.25) is 0 Å². The largest absolute Gasteiger partial charge is 0.508 e. The molecule has 2 aromatic carbocycles. The van der Waals surface area contributed by atoms with E-state index >= 15 is 0 Å². The van der Waals surface area contributed by atoms with Crippen molar-refractivity contribution in [3.8, 4) is 5.75 Å². The molecule has 0 heterocycles. The third-order valence-electron chi connectivity index (χ3n) is 4.85. The van der Waals surface area contributed by atoms with Gasteiger partial charge in [-0.25, -0.2) is 0 Å². The summed E-state index contributed by atoms with van der Waals surface area (Å²) < 4.78 is 0. The fraction of sp³-hybridized carbons (Fsp3) is 0.455. The van der Waals surface area contributed by atoms with Gasteiger partial charge in [-0.15, -0.1) is 12.4 Å². The Labute approximate surface area is 164 Å². The molecule has 2 aromatic rings. The Kier molecular flexibility index (Phi) is 9.14. The summed E-state index contributed by atoms with van der Waals surface area (Å²) in [4.78, 5) is 2.48. The van der Waals surface area contributed by atoms with Crippen molar-refractivity contribution in [2.24, 2.45) is 0 Å². The van der Waals surface area contributed by atoms with Crippen LogP contribution in [0, 0.1) is 0 Å². The van der Waals surface area contributed by atoms with Crippen LogP contribution >= 0.6 is 12.4 Å². The van der Waals surface area contributed by atoms with Crippen LogP contribution in [0.5, 0.6) is 5.75 Å². The van der Waals surface area contributed by atoms with Gasteiger partial charge in [0.2, 0.25) is 0 Å². The first-order valence-corrected chi connectivity index (χ1v) is 9.17. The monoisotopic (exact) mass is 377 g/mol. The lowest BCUT2D eigenvalue weighted by molar-refractivity contribution is 0.170. The van der Waals surface area contributed by atoms with Gasteiger partial charge >= 0.3 is 0 Å². The summed E-state index contributed by atoms with van der Waals surface area (Å²) in [6, 6.07) is 16.7. The second kappa shape index (κ2) is 10.6. The second-order valence-electron chi connectivity index (χ2n) is 7.23. The normalized spacial score (nSPS) is 12.5. The molecule has 144 valence electrons. The average Bonchev–Trinajstić information content (AvgIpc) is 2.59. The molecular weight excluding hydrogens is 346 g/mol. The van der Waals surface area contributed by atoms with Gasteiger partial charge in [0.05, 0.1) is 6.61 Å². The van der Waals surface area contributed by atoms with Crippen LogP contribution < -0.4 is 0 Å². The Balaban J connectivity index is 0.00000338. The lowest BCUT2D eigenvalue weighted by atomic mass is 9.86. The van der Waals surface area contributed by atoms with E-state index in [1.54, 1.807) is 12.1 Å². The maximum Gasteiger partial charge on any atom is 0.119 e. The smallest absolute Gasteiger partial charge is 0.119 e. The summed E-state index contributed by atoms with van der Waals surface area (Å²) in [5.41, 5.74) is 2.92. The summed E-state index contributed by atoms with van der Waals surface area (Å²) in [5, 5.41) is 19.9. The average molecular weight is 378 g/mol. The van der Waals surface area contributed by atoms with E-state index in [2.05, 4.69) is 44.7 Å². The predicted molar refractivity (Wildman–Crippen MR) is 111 cm³/mol. The summed E-state index contributed by atoms with van der Waals surface area (Å²) in [6.07, 6.45) is 0.919. The minimum Gasteiger partial charge on any atom is -0.508 e. The molecular formula is C22H32ClNO2. The number of aliphatic hydroxyl groups is 1. The van der Waals surface area contributed by atoms with Gasteiger partial charge in [-0.1, -0.05) is 36.4 Å². The van der Waals surface area contributed by atoms with Crippen LogP contribution in [0.4, 0.5) is 0 Å². The van der Waals surface area contributed by atoms with Crippen molar-refractivity contribution < 1.29 is 10.2 Å². The van der Waals surface area contributed by atoms with E-state index in [4.69, 9.17) is 0 Å². The number of hydrogen-bond acceptors (Lipinski definition) is 3. The fourth-order valence-electron chi connectivity index (χ4n) is 3.56. The van der Waals surface area contributed by atoms with Crippen molar-refractivity contribution in [3.63, 3.8) is 0 Å². The first-order chi connectivity index (χ1) is 11.9. The van der Waals surface area contributed by atoms with E-state index in [9.17, 15) is 10.2 Å². The number of benzene rings is 2. The van der Waals surface area contributed by atoms with E-state index < -0.39 is 0 Å². The zero-order valence-corrected chi connectivity index (χ0v) is 17.0. The molecule has 0 aliphatic heterocycles. The molecule has 0 aliphatic carbocycles. The first-order valence-electron chi connectivity index (χ1n) is 9.17. The van der Waals surface area contributed by atoms with E-state index in [1.165, 1.54) is 5.56 Å². The number of nitrogens with zero attached hydrogens (tertiary/aromatic N) is 1. The molecule has 4 heteroatoms. The van der Waals surface area contributed by atoms with Crippen molar-refractivity contribution in [1.82, 2.24) is 4.90 Å². The van der Waals surface area contributed by atoms with Crippen LogP contribution in [0.25, 0.3) is 0 Å². The molecule has 2 N–H and O–H groups in total. The molecule has 0 bridgehead atoms. The lowest BCUT2D eigenvalue weighted by Crippen LogP contribution is -2.38. The zero-order valence-electron chi connectivity index (χ0n) is 16.2. The third kappa shape index (κ3) is 5.73. The van der Waals surface area contributed by atoms with Gasteiger partial charge in [0.25, 0.3) is 0 Å². The van der Waals surface area contributed by atoms with Crippen molar-refractivity contribution in [2.75, 3.05) is 6.54 Å². The third-order valence-corrected chi connectivity index (χ3v) is 4.85. The highest BCUT2D eigenvalue weighted by molar-refractivity contribution is 5.85. The lowest BCUT2D eigenvalue weighted by Gasteiger charge is -2.32. The Morgan fingerprint density at radius 1 is 0.923 bits per heavy atom. The van der Waals surface area contributed by atoms with Crippen LogP contribution in [-0.4, -0.2) is 33.7 Å². The molecule has 0 saturated carbocycles. The highest BCUT2D eigenvalue weighted by atomic mass is 35.5. The Hall–Kier alpha value is -1.55. The predicted octanol–water partition coefficient (Wildman–Crippen LogP) is 4.95. The Morgan fingerprint density at radius 3 is 2.08 bits per heavy atom. The molecule has 26 heavy (non-hydrogen) atoms. The molecule has 0 radical (unpaired) electrons. The molecule has 0 aliphatic rings. The van der Waals surface area contributed by atoms with Crippen LogP contribution in [0.3, 0.4) is 0 Å². The van der Waals surface area contributed by atoms with E-state index in [0.717, 1.165) is 24.1 Å². The molecule has 2 rings (SSSR count). The van der Waals surface area contributed by atoms with Gasteiger partial charge in [0.1, 0.15) is 5.75 Å². The van der Waals surface area contributed by atoms with Crippen molar-refractivity contribution in [2.45, 2.75) is 58.7 Å². The summed E-state index contributed by atoms with van der Waals surface area (Å²) in [5.74, 6) is 0.402. The van der Waals surface area contributed by atoms with Crippen LogP contribution in [0.1, 0.15) is 56.7 Å².